The monoisotopic (exact) mass is 422 g/mol. The highest BCUT2D eigenvalue weighted by Crippen LogP contribution is 2.42. The van der Waals surface area contributed by atoms with Crippen molar-refractivity contribution in [2.45, 2.75) is 31.8 Å². The number of nitrogens with one attached hydrogen (secondary N) is 1. The van der Waals surface area contributed by atoms with Crippen LogP contribution in [-0.2, 0) is 16.1 Å². The molecular weight excluding hydrogens is 400 g/mol. The Hall–Kier alpha value is -3.62. The number of ether oxygens (including phenoxy) is 2. The Morgan fingerprint density at radius 2 is 2.06 bits per heavy atom. The van der Waals surface area contributed by atoms with Crippen LogP contribution in [-0.4, -0.2) is 46.6 Å². The molecule has 9 nitrogen and oxygen atoms in total. The van der Waals surface area contributed by atoms with Gasteiger partial charge in [0, 0.05) is 24.1 Å². The van der Waals surface area contributed by atoms with Gasteiger partial charge in [-0.1, -0.05) is 6.07 Å². The van der Waals surface area contributed by atoms with E-state index in [-0.39, 0.29) is 37.6 Å². The number of fused-ring (bicyclic) bond motifs is 1. The summed E-state index contributed by atoms with van der Waals surface area (Å²) in [5, 5.41) is 2.78. The van der Waals surface area contributed by atoms with E-state index in [2.05, 4.69) is 10.3 Å². The molecule has 0 radical (unpaired) electrons. The smallest absolute Gasteiger partial charge is 0.325 e. The summed E-state index contributed by atoms with van der Waals surface area (Å²) in [6, 6.07) is 8.33. The molecule has 31 heavy (non-hydrogen) atoms. The Kier molecular flexibility index (Phi) is 4.53. The van der Waals surface area contributed by atoms with E-state index < -0.39 is 11.6 Å². The van der Waals surface area contributed by atoms with Crippen molar-refractivity contribution in [1.29, 1.82) is 0 Å². The van der Waals surface area contributed by atoms with Crippen LogP contribution in [0, 0.1) is 5.92 Å². The van der Waals surface area contributed by atoms with E-state index in [0.29, 0.717) is 17.2 Å². The molecule has 1 N–H and O–H groups in total. The Morgan fingerprint density at radius 3 is 2.81 bits per heavy atom. The van der Waals surface area contributed by atoms with Gasteiger partial charge in [-0.2, -0.15) is 0 Å². The number of anilines is 1. The largest absolute Gasteiger partial charge is 0.454 e. The molecule has 2 aliphatic heterocycles. The fourth-order valence-corrected chi connectivity index (χ4v) is 4.07. The molecule has 0 bridgehead atoms. The molecule has 1 saturated carbocycles. The summed E-state index contributed by atoms with van der Waals surface area (Å²) >= 11 is 0. The molecule has 3 heterocycles. The highest BCUT2D eigenvalue weighted by atomic mass is 16.7. The zero-order chi connectivity index (χ0) is 21.6. The third-order valence-electron chi connectivity index (χ3n) is 6.02. The van der Waals surface area contributed by atoms with Crippen LogP contribution in [0.25, 0.3) is 0 Å². The molecule has 4 amide bonds. The first-order chi connectivity index (χ1) is 15.0. The second-order valence-electron chi connectivity index (χ2n) is 8.18. The third-order valence-corrected chi connectivity index (χ3v) is 6.02. The highest BCUT2D eigenvalue weighted by Gasteiger charge is 2.56. The molecule has 160 valence electrons. The Balaban J connectivity index is 1.41. The molecular formula is C22H22N4O5. The predicted octanol–water partition coefficient (Wildman–Crippen LogP) is 2.06. The molecule has 2 aromatic rings. The molecule has 5 rings (SSSR count). The van der Waals surface area contributed by atoms with Gasteiger partial charge < -0.3 is 19.7 Å². The van der Waals surface area contributed by atoms with E-state index in [0.717, 1.165) is 23.3 Å². The molecule has 1 aromatic heterocycles. The lowest BCUT2D eigenvalue weighted by atomic mass is 9.96. The lowest BCUT2D eigenvalue weighted by Crippen LogP contribution is -2.47. The van der Waals surface area contributed by atoms with Gasteiger partial charge in [0.2, 0.25) is 12.7 Å². The van der Waals surface area contributed by atoms with Crippen LogP contribution < -0.4 is 19.7 Å². The van der Waals surface area contributed by atoms with Crippen LogP contribution in [0.15, 0.2) is 42.7 Å². The molecule has 0 unspecified atom stereocenters. The number of urea groups is 1. The van der Waals surface area contributed by atoms with E-state index in [1.165, 1.54) is 4.90 Å². The summed E-state index contributed by atoms with van der Waals surface area (Å²) in [7, 11) is 0. The van der Waals surface area contributed by atoms with E-state index in [1.54, 1.807) is 43.6 Å². The Labute approximate surface area is 178 Å². The summed E-state index contributed by atoms with van der Waals surface area (Å²) in [6.45, 7) is 1.75. The van der Waals surface area contributed by atoms with Crippen molar-refractivity contribution >= 4 is 23.5 Å². The molecule has 1 atom stereocenters. The van der Waals surface area contributed by atoms with Crippen molar-refractivity contribution in [2.75, 3.05) is 18.2 Å². The predicted molar refractivity (Wildman–Crippen MR) is 109 cm³/mol. The van der Waals surface area contributed by atoms with Crippen LogP contribution in [0.3, 0.4) is 0 Å². The summed E-state index contributed by atoms with van der Waals surface area (Å²) in [5.41, 5.74) is 0.466. The van der Waals surface area contributed by atoms with Gasteiger partial charge in [0.15, 0.2) is 11.5 Å². The fraction of sp³-hybridized carbons (Fsp3) is 0.364. The summed E-state index contributed by atoms with van der Waals surface area (Å²) in [5.74, 6) is 0.542. The van der Waals surface area contributed by atoms with Crippen molar-refractivity contribution in [3.63, 3.8) is 0 Å². The molecule has 9 heteroatoms. The molecule has 1 saturated heterocycles. The van der Waals surface area contributed by atoms with Gasteiger partial charge >= 0.3 is 6.03 Å². The first-order valence-electron chi connectivity index (χ1n) is 10.2. The minimum Gasteiger partial charge on any atom is -0.454 e. The maximum Gasteiger partial charge on any atom is 0.325 e. The zero-order valence-electron chi connectivity index (χ0n) is 17.0. The minimum absolute atomic E-state index is 0.123. The quantitative estimate of drug-likeness (QED) is 0.716. The van der Waals surface area contributed by atoms with Crippen molar-refractivity contribution in [1.82, 2.24) is 15.2 Å². The number of hydrogen-bond donors (Lipinski definition) is 1. The van der Waals surface area contributed by atoms with Crippen LogP contribution >= 0.6 is 0 Å². The zero-order valence-corrected chi connectivity index (χ0v) is 17.0. The van der Waals surface area contributed by atoms with Gasteiger partial charge in [-0.05, 0) is 49.4 Å². The number of nitrogens with zero attached hydrogens (tertiary/aromatic N) is 3. The van der Waals surface area contributed by atoms with Crippen LogP contribution in [0.5, 0.6) is 11.5 Å². The van der Waals surface area contributed by atoms with E-state index in [4.69, 9.17) is 9.47 Å². The first kappa shape index (κ1) is 19.3. The van der Waals surface area contributed by atoms with Gasteiger partial charge in [0.1, 0.15) is 12.1 Å². The molecule has 0 spiro atoms. The average Bonchev–Trinajstić information content (AvgIpc) is 3.49. The number of pyridine rings is 1. The molecule has 1 aliphatic carbocycles. The number of aromatic nitrogens is 1. The average molecular weight is 422 g/mol. The molecule has 2 fully saturated rings. The number of amides is 4. The van der Waals surface area contributed by atoms with Crippen molar-refractivity contribution in [2.24, 2.45) is 5.92 Å². The fourth-order valence-electron chi connectivity index (χ4n) is 4.07. The number of carbonyl (C=O) groups is 3. The van der Waals surface area contributed by atoms with Gasteiger partial charge in [-0.25, -0.2) is 4.79 Å². The van der Waals surface area contributed by atoms with Gasteiger partial charge in [0.25, 0.3) is 5.91 Å². The van der Waals surface area contributed by atoms with Crippen molar-refractivity contribution < 1.29 is 23.9 Å². The summed E-state index contributed by atoms with van der Waals surface area (Å²) in [6.07, 6.45) is 5.12. The normalized spacial score (nSPS) is 21.9. The molecule has 1 aromatic carbocycles. The van der Waals surface area contributed by atoms with Crippen LogP contribution in [0.4, 0.5) is 10.5 Å². The van der Waals surface area contributed by atoms with E-state index >= 15 is 0 Å². The minimum atomic E-state index is -0.926. The SMILES string of the molecule is C[C@]1(C2CC2)NC(=O)N(CC(=O)N(Cc2cccnc2)c2ccc3c(c2)OCO3)C1=O. The van der Waals surface area contributed by atoms with Crippen LogP contribution in [0.2, 0.25) is 0 Å². The summed E-state index contributed by atoms with van der Waals surface area (Å²) < 4.78 is 10.8. The lowest BCUT2D eigenvalue weighted by molar-refractivity contribution is -0.134. The van der Waals surface area contributed by atoms with Gasteiger partial charge in [-0.3, -0.25) is 19.5 Å². The number of benzene rings is 1. The van der Waals surface area contributed by atoms with Crippen LogP contribution in [0.1, 0.15) is 25.3 Å². The number of imide groups is 1. The van der Waals surface area contributed by atoms with E-state index in [1.807, 2.05) is 6.07 Å². The Morgan fingerprint density at radius 1 is 1.26 bits per heavy atom. The maximum atomic E-state index is 13.4. The molecule has 3 aliphatic rings. The highest BCUT2D eigenvalue weighted by molar-refractivity contribution is 6.10. The van der Waals surface area contributed by atoms with Crippen molar-refractivity contribution in [3.8, 4) is 11.5 Å². The lowest BCUT2D eigenvalue weighted by Gasteiger charge is -2.25. The van der Waals surface area contributed by atoms with Gasteiger partial charge in [0.05, 0.1) is 6.54 Å². The Bertz CT molecular complexity index is 1060. The third kappa shape index (κ3) is 3.45. The number of hydrogen-bond acceptors (Lipinski definition) is 6. The number of carbonyl (C=O) groups excluding carboxylic acids is 3. The number of rotatable bonds is 6. The van der Waals surface area contributed by atoms with E-state index in [9.17, 15) is 14.4 Å². The van der Waals surface area contributed by atoms with Gasteiger partial charge in [-0.15, -0.1) is 0 Å². The maximum absolute atomic E-state index is 13.4. The second kappa shape index (κ2) is 7.26. The summed E-state index contributed by atoms with van der Waals surface area (Å²) in [4.78, 5) is 45.5. The first-order valence-corrected chi connectivity index (χ1v) is 10.2. The topological polar surface area (TPSA) is 101 Å². The second-order valence-corrected chi connectivity index (χ2v) is 8.18. The van der Waals surface area contributed by atoms with Crippen molar-refractivity contribution in [3.05, 3.63) is 48.3 Å². The standard InChI is InChI=1S/C22H22N4O5/c1-22(15-4-5-15)20(28)26(21(29)24-22)12-19(27)25(11-14-3-2-8-23-10-14)16-6-7-17-18(9-16)31-13-30-17/h2-3,6-10,15H,4-5,11-13H2,1H3,(H,24,29)/t22-/m1/s1.